The molecule has 0 bridgehead atoms. The first kappa shape index (κ1) is 13.3. The molecule has 1 aromatic carbocycles. The number of anilines is 1. The molecule has 0 amide bonds. The summed E-state index contributed by atoms with van der Waals surface area (Å²) in [5, 5.41) is 0. The molecule has 0 saturated carbocycles. The fourth-order valence-corrected chi connectivity index (χ4v) is 3.77. The van der Waals surface area contributed by atoms with Crippen LogP contribution in [-0.2, 0) is 0 Å². The van der Waals surface area contributed by atoms with Gasteiger partial charge in [-0.2, -0.15) is 0 Å². The Balaban J connectivity index is 1.60. The van der Waals surface area contributed by atoms with E-state index in [9.17, 15) is 4.39 Å². The molecule has 2 saturated heterocycles. The summed E-state index contributed by atoms with van der Waals surface area (Å²) in [6.45, 7) is 3.26. The quantitative estimate of drug-likeness (QED) is 0.831. The summed E-state index contributed by atoms with van der Waals surface area (Å²) >= 11 is 3.28. The van der Waals surface area contributed by atoms with Gasteiger partial charge in [-0.1, -0.05) is 0 Å². The van der Waals surface area contributed by atoms with Gasteiger partial charge in [0.15, 0.2) is 0 Å². The molecule has 2 aliphatic rings. The van der Waals surface area contributed by atoms with Crippen molar-refractivity contribution in [3.05, 3.63) is 41.1 Å². The van der Waals surface area contributed by atoms with E-state index in [0.29, 0.717) is 16.3 Å². The SMILES string of the molecule is CN1C[C@@H]2CN(c3ccc(-n4cnc(Br)c4)c(F)c3)[C@@H]2C1. The maximum absolute atomic E-state index is 14.4. The zero-order valence-corrected chi connectivity index (χ0v) is 13.3. The van der Waals surface area contributed by atoms with E-state index < -0.39 is 0 Å². The zero-order chi connectivity index (χ0) is 14.6. The molecule has 0 spiro atoms. The summed E-state index contributed by atoms with van der Waals surface area (Å²) in [6, 6.07) is 6.01. The summed E-state index contributed by atoms with van der Waals surface area (Å²) < 4.78 is 16.8. The van der Waals surface area contributed by atoms with Crippen molar-refractivity contribution in [3.63, 3.8) is 0 Å². The zero-order valence-electron chi connectivity index (χ0n) is 11.7. The van der Waals surface area contributed by atoms with E-state index in [4.69, 9.17) is 0 Å². The van der Waals surface area contributed by atoms with Crippen molar-refractivity contribution in [2.45, 2.75) is 6.04 Å². The maximum atomic E-state index is 14.4. The predicted molar refractivity (Wildman–Crippen MR) is 83.3 cm³/mol. The Morgan fingerprint density at radius 1 is 1.29 bits per heavy atom. The fraction of sp³-hybridized carbons (Fsp3) is 0.400. The molecular formula is C15H16BrFN4. The van der Waals surface area contributed by atoms with Gasteiger partial charge in [-0.05, 0) is 41.2 Å². The number of halogens is 2. The number of hydrogen-bond acceptors (Lipinski definition) is 3. The van der Waals surface area contributed by atoms with Crippen molar-refractivity contribution in [3.8, 4) is 5.69 Å². The molecule has 4 nitrogen and oxygen atoms in total. The highest BCUT2D eigenvalue weighted by Crippen LogP contribution is 2.36. The number of hydrogen-bond donors (Lipinski definition) is 0. The van der Waals surface area contributed by atoms with Crippen LogP contribution in [0.3, 0.4) is 0 Å². The van der Waals surface area contributed by atoms with Gasteiger partial charge < -0.3 is 14.4 Å². The Kier molecular flexibility index (Phi) is 3.04. The van der Waals surface area contributed by atoms with Gasteiger partial charge in [0, 0.05) is 43.5 Å². The number of fused-ring (bicyclic) bond motifs is 1. The van der Waals surface area contributed by atoms with E-state index in [2.05, 4.69) is 37.8 Å². The fourth-order valence-electron chi connectivity index (χ4n) is 3.46. The van der Waals surface area contributed by atoms with Crippen LogP contribution < -0.4 is 4.90 Å². The van der Waals surface area contributed by atoms with Crippen LogP contribution in [0.5, 0.6) is 0 Å². The van der Waals surface area contributed by atoms with Crippen LogP contribution in [0.4, 0.5) is 10.1 Å². The average molecular weight is 351 g/mol. The number of rotatable bonds is 2. The molecule has 0 radical (unpaired) electrons. The maximum Gasteiger partial charge on any atom is 0.149 e. The molecule has 6 heteroatoms. The molecular weight excluding hydrogens is 335 g/mol. The van der Waals surface area contributed by atoms with Gasteiger partial charge in [-0.15, -0.1) is 0 Å². The molecule has 2 aliphatic heterocycles. The predicted octanol–water partition coefficient (Wildman–Crippen LogP) is 2.52. The minimum absolute atomic E-state index is 0.216. The van der Waals surface area contributed by atoms with Crippen LogP contribution in [0, 0.1) is 11.7 Å². The van der Waals surface area contributed by atoms with Crippen LogP contribution >= 0.6 is 15.9 Å². The summed E-state index contributed by atoms with van der Waals surface area (Å²) in [5.41, 5.74) is 1.50. The van der Waals surface area contributed by atoms with Crippen LogP contribution in [-0.4, -0.2) is 47.2 Å². The molecule has 0 unspecified atom stereocenters. The topological polar surface area (TPSA) is 24.3 Å². The van der Waals surface area contributed by atoms with E-state index in [0.717, 1.165) is 31.2 Å². The number of likely N-dealkylation sites (N-methyl/N-ethyl adjacent to an activating group) is 1. The van der Waals surface area contributed by atoms with Gasteiger partial charge in [0.1, 0.15) is 16.7 Å². The Morgan fingerprint density at radius 3 is 2.81 bits per heavy atom. The van der Waals surface area contributed by atoms with Crippen molar-refractivity contribution in [2.24, 2.45) is 5.92 Å². The Bertz CT molecular complexity index is 686. The molecule has 21 heavy (non-hydrogen) atoms. The van der Waals surface area contributed by atoms with Crippen LogP contribution in [0.1, 0.15) is 0 Å². The Labute approximate surface area is 131 Å². The molecule has 1 aromatic heterocycles. The average Bonchev–Trinajstić information content (AvgIpc) is 2.97. The van der Waals surface area contributed by atoms with Gasteiger partial charge in [-0.3, -0.25) is 0 Å². The standard InChI is InChI=1S/C15H16BrFN4/c1-19-5-10-6-21(14(10)7-19)11-2-3-13(12(17)4-11)20-8-15(16)18-9-20/h2-4,8-10,14H,5-7H2,1H3/t10-,14-/m1/s1. The summed E-state index contributed by atoms with van der Waals surface area (Å²) in [6.07, 6.45) is 3.36. The van der Waals surface area contributed by atoms with Crippen molar-refractivity contribution >= 4 is 21.6 Å². The second kappa shape index (κ2) is 4.81. The lowest BCUT2D eigenvalue weighted by atomic mass is 9.91. The highest BCUT2D eigenvalue weighted by Gasteiger charge is 2.44. The van der Waals surface area contributed by atoms with E-state index >= 15 is 0 Å². The monoisotopic (exact) mass is 350 g/mol. The Hall–Kier alpha value is -1.40. The van der Waals surface area contributed by atoms with E-state index in [1.807, 2.05) is 12.1 Å². The van der Waals surface area contributed by atoms with Gasteiger partial charge >= 0.3 is 0 Å². The lowest BCUT2D eigenvalue weighted by molar-refractivity contribution is 0.360. The summed E-state index contributed by atoms with van der Waals surface area (Å²) in [7, 11) is 2.15. The lowest BCUT2D eigenvalue weighted by Crippen LogP contribution is -2.55. The van der Waals surface area contributed by atoms with Crippen molar-refractivity contribution in [2.75, 3.05) is 31.6 Å². The van der Waals surface area contributed by atoms with Gasteiger partial charge in [-0.25, -0.2) is 9.37 Å². The second-order valence-electron chi connectivity index (χ2n) is 5.94. The Morgan fingerprint density at radius 2 is 2.14 bits per heavy atom. The van der Waals surface area contributed by atoms with Gasteiger partial charge in [0.25, 0.3) is 0 Å². The normalized spacial score (nSPS) is 25.0. The second-order valence-corrected chi connectivity index (χ2v) is 6.75. The molecule has 0 N–H and O–H groups in total. The van der Waals surface area contributed by atoms with Crippen molar-refractivity contribution < 1.29 is 4.39 Å². The first-order valence-corrected chi connectivity index (χ1v) is 7.86. The highest BCUT2D eigenvalue weighted by molar-refractivity contribution is 9.10. The van der Waals surface area contributed by atoms with E-state index in [1.54, 1.807) is 23.2 Å². The molecule has 3 heterocycles. The number of imidazole rings is 1. The van der Waals surface area contributed by atoms with Gasteiger partial charge in [0.05, 0.1) is 5.69 Å². The summed E-state index contributed by atoms with van der Waals surface area (Å²) in [5.74, 6) is 0.523. The molecule has 2 fully saturated rings. The third kappa shape index (κ3) is 2.17. The number of nitrogens with zero attached hydrogens (tertiary/aromatic N) is 4. The number of likely N-dealkylation sites (tertiary alicyclic amines) is 1. The highest BCUT2D eigenvalue weighted by atomic mass is 79.9. The molecule has 0 aliphatic carbocycles. The minimum Gasteiger partial charge on any atom is -0.366 e. The molecule has 2 atom stereocenters. The third-order valence-corrected chi connectivity index (χ3v) is 4.92. The van der Waals surface area contributed by atoms with Crippen molar-refractivity contribution in [1.82, 2.24) is 14.5 Å². The minimum atomic E-state index is -0.216. The first-order chi connectivity index (χ1) is 10.1. The van der Waals surface area contributed by atoms with Gasteiger partial charge in [0.2, 0.25) is 0 Å². The van der Waals surface area contributed by atoms with E-state index in [1.165, 1.54) is 0 Å². The number of aromatic nitrogens is 2. The third-order valence-electron chi connectivity index (χ3n) is 4.51. The largest absolute Gasteiger partial charge is 0.366 e. The molecule has 4 rings (SSSR count). The summed E-state index contributed by atoms with van der Waals surface area (Å²) in [4.78, 5) is 8.73. The van der Waals surface area contributed by atoms with Crippen molar-refractivity contribution in [1.29, 1.82) is 0 Å². The van der Waals surface area contributed by atoms with Crippen LogP contribution in [0.25, 0.3) is 5.69 Å². The number of benzene rings is 1. The van der Waals surface area contributed by atoms with E-state index in [-0.39, 0.29) is 5.82 Å². The van der Waals surface area contributed by atoms with Crippen LogP contribution in [0.2, 0.25) is 0 Å². The first-order valence-electron chi connectivity index (χ1n) is 7.06. The molecule has 110 valence electrons. The molecule has 2 aromatic rings. The van der Waals surface area contributed by atoms with Crippen LogP contribution in [0.15, 0.2) is 35.3 Å². The smallest absolute Gasteiger partial charge is 0.149 e. The lowest BCUT2D eigenvalue weighted by Gasteiger charge is -2.45.